The van der Waals surface area contributed by atoms with E-state index in [9.17, 15) is 14.9 Å². The number of carbonyl (C=O) groups is 1. The summed E-state index contributed by atoms with van der Waals surface area (Å²) in [4.78, 5) is 34.6. The summed E-state index contributed by atoms with van der Waals surface area (Å²) in [5.41, 5.74) is 2.92. The molecular formula is C19H13N5O3. The number of aromatic nitrogens is 3. The maximum absolute atomic E-state index is 12.5. The van der Waals surface area contributed by atoms with E-state index in [-0.39, 0.29) is 11.6 Å². The number of nitrogens with zero attached hydrogens (tertiary/aromatic N) is 3. The quantitative estimate of drug-likeness (QED) is 0.425. The minimum Gasteiger partial charge on any atom is -0.337 e. The van der Waals surface area contributed by atoms with E-state index in [2.05, 4.69) is 20.3 Å². The Morgan fingerprint density at radius 2 is 1.81 bits per heavy atom. The van der Waals surface area contributed by atoms with Crippen molar-refractivity contribution >= 4 is 28.4 Å². The third-order valence-corrected chi connectivity index (χ3v) is 4.03. The van der Waals surface area contributed by atoms with Crippen LogP contribution in [0.3, 0.4) is 0 Å². The molecule has 27 heavy (non-hydrogen) atoms. The molecule has 0 unspecified atom stereocenters. The highest BCUT2D eigenvalue weighted by molar-refractivity contribution is 6.06. The summed E-state index contributed by atoms with van der Waals surface area (Å²) in [5.74, 6) is 0.217. The first-order valence-corrected chi connectivity index (χ1v) is 8.08. The number of aromatic amines is 1. The molecule has 0 fully saturated rings. The smallest absolute Gasteiger partial charge is 0.269 e. The Balaban J connectivity index is 1.64. The summed E-state index contributed by atoms with van der Waals surface area (Å²) in [6.07, 6.45) is 1.66. The molecule has 2 N–H and O–H groups in total. The fourth-order valence-electron chi connectivity index (χ4n) is 2.70. The van der Waals surface area contributed by atoms with E-state index in [1.807, 2.05) is 24.3 Å². The van der Waals surface area contributed by atoms with Crippen molar-refractivity contribution in [1.82, 2.24) is 15.0 Å². The molecule has 2 heterocycles. The lowest BCUT2D eigenvalue weighted by atomic mass is 10.1. The topological polar surface area (TPSA) is 114 Å². The zero-order valence-corrected chi connectivity index (χ0v) is 13.9. The van der Waals surface area contributed by atoms with Crippen LogP contribution in [0.5, 0.6) is 0 Å². The molecule has 0 aliphatic rings. The third-order valence-electron chi connectivity index (χ3n) is 4.03. The Hall–Kier alpha value is -4.07. The molecule has 0 spiro atoms. The monoisotopic (exact) mass is 359 g/mol. The molecule has 8 nitrogen and oxygen atoms in total. The molecule has 0 atom stereocenters. The van der Waals surface area contributed by atoms with Crippen molar-refractivity contribution in [3.8, 4) is 11.4 Å². The minimum atomic E-state index is -0.507. The second-order valence-corrected chi connectivity index (χ2v) is 5.76. The Labute approximate surface area is 153 Å². The third kappa shape index (κ3) is 3.23. The van der Waals surface area contributed by atoms with Crippen LogP contribution in [-0.2, 0) is 0 Å². The predicted molar refractivity (Wildman–Crippen MR) is 100 cm³/mol. The molecule has 0 aliphatic heterocycles. The first-order chi connectivity index (χ1) is 13.1. The number of fused-ring (bicyclic) bond motifs is 1. The van der Waals surface area contributed by atoms with E-state index in [0.29, 0.717) is 28.3 Å². The number of pyridine rings is 1. The number of carbonyl (C=O) groups excluding carboxylic acids is 1. The SMILES string of the molecule is O=C(Nc1ccccc1-c1nc2ncccc2[nH]1)c1ccc([N+](=O)[O-])cc1. The van der Waals surface area contributed by atoms with Gasteiger partial charge in [0, 0.05) is 29.5 Å². The van der Waals surface area contributed by atoms with Gasteiger partial charge in [-0.1, -0.05) is 12.1 Å². The summed E-state index contributed by atoms with van der Waals surface area (Å²) in [6.45, 7) is 0. The van der Waals surface area contributed by atoms with E-state index in [1.54, 1.807) is 18.3 Å². The maximum Gasteiger partial charge on any atom is 0.269 e. The molecule has 1 amide bonds. The van der Waals surface area contributed by atoms with Gasteiger partial charge in [0.05, 0.1) is 16.1 Å². The van der Waals surface area contributed by atoms with Crippen molar-refractivity contribution in [2.75, 3.05) is 5.32 Å². The van der Waals surface area contributed by atoms with E-state index in [4.69, 9.17) is 0 Å². The van der Waals surface area contributed by atoms with Gasteiger partial charge in [-0.15, -0.1) is 0 Å². The van der Waals surface area contributed by atoms with Gasteiger partial charge in [0.1, 0.15) is 5.82 Å². The summed E-state index contributed by atoms with van der Waals surface area (Å²) < 4.78 is 0. The number of rotatable bonds is 4. The van der Waals surface area contributed by atoms with Gasteiger partial charge in [0.15, 0.2) is 5.65 Å². The number of nitro benzene ring substituents is 1. The van der Waals surface area contributed by atoms with Crippen LogP contribution in [0.2, 0.25) is 0 Å². The fraction of sp³-hybridized carbons (Fsp3) is 0. The van der Waals surface area contributed by atoms with Crippen LogP contribution in [-0.4, -0.2) is 25.8 Å². The van der Waals surface area contributed by atoms with E-state index >= 15 is 0 Å². The number of nitrogens with one attached hydrogen (secondary N) is 2. The number of non-ortho nitro benzene ring substituents is 1. The van der Waals surface area contributed by atoms with Crippen LogP contribution in [0.1, 0.15) is 10.4 Å². The highest BCUT2D eigenvalue weighted by Crippen LogP contribution is 2.27. The number of hydrogen-bond acceptors (Lipinski definition) is 5. The number of imidazole rings is 1. The molecule has 0 radical (unpaired) electrons. The van der Waals surface area contributed by atoms with Gasteiger partial charge < -0.3 is 10.3 Å². The average molecular weight is 359 g/mol. The lowest BCUT2D eigenvalue weighted by molar-refractivity contribution is -0.384. The van der Waals surface area contributed by atoms with Crippen molar-refractivity contribution in [2.45, 2.75) is 0 Å². The zero-order chi connectivity index (χ0) is 18.8. The minimum absolute atomic E-state index is 0.0678. The molecule has 0 bridgehead atoms. The second kappa shape index (κ2) is 6.68. The lowest BCUT2D eigenvalue weighted by Crippen LogP contribution is -2.12. The number of anilines is 1. The molecule has 2 aromatic carbocycles. The standard InChI is InChI=1S/C19H13N5O3/c25-19(12-7-9-13(10-8-12)24(26)27)22-15-5-2-1-4-14(15)17-21-16-6-3-11-20-18(16)23-17/h1-11H,(H,22,25)(H,20,21,23). The van der Waals surface area contributed by atoms with Crippen molar-refractivity contribution in [1.29, 1.82) is 0 Å². The number of benzene rings is 2. The molecule has 132 valence electrons. The first kappa shape index (κ1) is 16.4. The first-order valence-electron chi connectivity index (χ1n) is 8.08. The summed E-state index contributed by atoms with van der Waals surface area (Å²) in [6, 6.07) is 16.4. The highest BCUT2D eigenvalue weighted by atomic mass is 16.6. The molecule has 0 saturated carbocycles. The van der Waals surface area contributed by atoms with Crippen LogP contribution >= 0.6 is 0 Å². The van der Waals surface area contributed by atoms with Gasteiger partial charge in [-0.05, 0) is 36.4 Å². The zero-order valence-electron chi connectivity index (χ0n) is 13.9. The van der Waals surface area contributed by atoms with E-state index < -0.39 is 4.92 Å². The number of para-hydroxylation sites is 1. The predicted octanol–water partition coefficient (Wildman–Crippen LogP) is 3.79. The number of nitro groups is 1. The second-order valence-electron chi connectivity index (χ2n) is 5.76. The van der Waals surface area contributed by atoms with Crippen molar-refractivity contribution < 1.29 is 9.72 Å². The van der Waals surface area contributed by atoms with E-state index in [0.717, 1.165) is 5.52 Å². The largest absolute Gasteiger partial charge is 0.337 e. The maximum atomic E-state index is 12.5. The fourth-order valence-corrected chi connectivity index (χ4v) is 2.70. The Morgan fingerprint density at radius 3 is 2.56 bits per heavy atom. The lowest BCUT2D eigenvalue weighted by Gasteiger charge is -2.09. The molecule has 0 saturated heterocycles. The molecule has 0 aliphatic carbocycles. The molecule has 8 heteroatoms. The number of amides is 1. The van der Waals surface area contributed by atoms with Gasteiger partial charge >= 0.3 is 0 Å². The van der Waals surface area contributed by atoms with Gasteiger partial charge in [0.2, 0.25) is 0 Å². The van der Waals surface area contributed by atoms with Crippen LogP contribution in [0.4, 0.5) is 11.4 Å². The van der Waals surface area contributed by atoms with Crippen molar-refractivity contribution in [3.05, 3.63) is 82.5 Å². The Kier molecular flexibility index (Phi) is 4.06. The molecule has 4 rings (SSSR count). The highest BCUT2D eigenvalue weighted by Gasteiger charge is 2.14. The van der Waals surface area contributed by atoms with Gasteiger partial charge in [-0.3, -0.25) is 14.9 Å². The Bertz CT molecular complexity index is 1120. The van der Waals surface area contributed by atoms with Gasteiger partial charge in [-0.2, -0.15) is 0 Å². The summed E-state index contributed by atoms with van der Waals surface area (Å²) >= 11 is 0. The molecule has 4 aromatic rings. The van der Waals surface area contributed by atoms with Gasteiger partial charge in [0.25, 0.3) is 11.6 Å². The summed E-state index contributed by atoms with van der Waals surface area (Å²) in [5, 5.41) is 13.6. The average Bonchev–Trinajstić information content (AvgIpc) is 3.12. The number of H-pyrrole nitrogens is 1. The van der Waals surface area contributed by atoms with Gasteiger partial charge in [-0.25, -0.2) is 9.97 Å². The molecular weight excluding hydrogens is 346 g/mol. The van der Waals surface area contributed by atoms with Crippen LogP contribution in [0.15, 0.2) is 66.9 Å². The van der Waals surface area contributed by atoms with E-state index in [1.165, 1.54) is 24.3 Å². The Morgan fingerprint density at radius 1 is 1.04 bits per heavy atom. The van der Waals surface area contributed by atoms with Crippen LogP contribution < -0.4 is 5.32 Å². The van der Waals surface area contributed by atoms with Crippen molar-refractivity contribution in [2.24, 2.45) is 0 Å². The van der Waals surface area contributed by atoms with Crippen LogP contribution in [0, 0.1) is 10.1 Å². The van der Waals surface area contributed by atoms with Crippen LogP contribution in [0.25, 0.3) is 22.6 Å². The number of hydrogen-bond donors (Lipinski definition) is 2. The van der Waals surface area contributed by atoms with Crippen molar-refractivity contribution in [3.63, 3.8) is 0 Å². The summed E-state index contributed by atoms with van der Waals surface area (Å²) in [7, 11) is 0. The normalized spacial score (nSPS) is 10.7. The molecule has 2 aromatic heterocycles.